The third kappa shape index (κ3) is 4.83. The molecular formula is C22H25N3O5S. The Hall–Kier alpha value is -3.04. The molecule has 0 unspecified atom stereocenters. The molecule has 3 rings (SSSR count). The number of primary sulfonamides is 1. The lowest BCUT2D eigenvalue weighted by Crippen LogP contribution is -2.31. The molecule has 2 aromatic rings. The van der Waals surface area contributed by atoms with Crippen LogP contribution in [-0.2, 0) is 10.0 Å². The molecule has 0 aliphatic carbocycles. The quantitative estimate of drug-likeness (QED) is 0.636. The minimum atomic E-state index is -3.86. The van der Waals surface area contributed by atoms with Crippen molar-refractivity contribution >= 4 is 27.7 Å². The highest BCUT2D eigenvalue weighted by Crippen LogP contribution is 2.25. The number of hydrogen-bond donors (Lipinski definition) is 2. The molecule has 0 saturated heterocycles. The largest absolute Gasteiger partial charge is 0.346 e. The van der Waals surface area contributed by atoms with Crippen molar-refractivity contribution in [2.45, 2.75) is 38.1 Å². The zero-order valence-electron chi connectivity index (χ0n) is 17.6. The molecule has 0 radical (unpaired) electrons. The van der Waals surface area contributed by atoms with Crippen molar-refractivity contribution in [1.82, 2.24) is 10.2 Å². The Labute approximate surface area is 181 Å². The van der Waals surface area contributed by atoms with Crippen LogP contribution in [0.15, 0.2) is 47.4 Å². The van der Waals surface area contributed by atoms with Crippen LogP contribution in [0.3, 0.4) is 0 Å². The first-order chi connectivity index (χ1) is 14.5. The van der Waals surface area contributed by atoms with Crippen LogP contribution < -0.4 is 10.5 Å². The number of carbonyl (C=O) groups excluding carboxylic acids is 3. The number of nitrogens with one attached hydrogen (secondary N) is 1. The Morgan fingerprint density at radius 2 is 1.71 bits per heavy atom. The smallest absolute Gasteiger partial charge is 0.261 e. The maximum Gasteiger partial charge on any atom is 0.261 e. The lowest BCUT2D eigenvalue weighted by atomic mass is 10.0. The second-order valence-electron chi connectivity index (χ2n) is 8.02. The summed E-state index contributed by atoms with van der Waals surface area (Å²) < 4.78 is 23.1. The van der Waals surface area contributed by atoms with Gasteiger partial charge in [-0.05, 0) is 55.2 Å². The number of rotatable bonds is 7. The van der Waals surface area contributed by atoms with E-state index in [-0.39, 0.29) is 21.9 Å². The number of benzene rings is 2. The SMILES string of the molecule is CC(C)CCN1C(=O)c2ccc(C(=O)N[C@H](C)c3cccc(S(N)(=O)=O)c3)cc2C1=O. The molecule has 31 heavy (non-hydrogen) atoms. The predicted molar refractivity (Wildman–Crippen MR) is 115 cm³/mol. The van der Waals surface area contributed by atoms with Gasteiger partial charge in [0.2, 0.25) is 10.0 Å². The Morgan fingerprint density at radius 1 is 1.03 bits per heavy atom. The number of sulfonamides is 1. The standard InChI is InChI=1S/C22H25N3O5S/c1-13(2)9-10-25-21(27)18-8-7-16(12-19(18)22(25)28)20(26)24-14(3)15-5-4-6-17(11-15)31(23,29)30/h4-8,11-14H,9-10H2,1-3H3,(H,24,26)(H2,23,29,30)/t14-/m1/s1. The van der Waals surface area contributed by atoms with Crippen LogP contribution in [0.5, 0.6) is 0 Å². The Bertz CT molecular complexity index is 1160. The van der Waals surface area contributed by atoms with Crippen LogP contribution in [0.25, 0.3) is 0 Å². The van der Waals surface area contributed by atoms with Gasteiger partial charge in [0.05, 0.1) is 22.1 Å². The van der Waals surface area contributed by atoms with Crippen LogP contribution >= 0.6 is 0 Å². The molecule has 1 aliphatic rings. The molecule has 9 heteroatoms. The fourth-order valence-corrected chi connectivity index (χ4v) is 3.92. The molecule has 0 spiro atoms. The zero-order chi connectivity index (χ0) is 22.9. The van der Waals surface area contributed by atoms with Crippen molar-refractivity contribution in [3.05, 3.63) is 64.7 Å². The van der Waals surface area contributed by atoms with Crippen LogP contribution in [-0.4, -0.2) is 37.6 Å². The summed E-state index contributed by atoms with van der Waals surface area (Å²) in [6.07, 6.45) is 0.702. The van der Waals surface area contributed by atoms with Crippen molar-refractivity contribution in [3.8, 4) is 0 Å². The molecule has 0 bridgehead atoms. The average molecular weight is 444 g/mol. The van der Waals surface area contributed by atoms with E-state index in [2.05, 4.69) is 5.32 Å². The molecule has 8 nitrogen and oxygen atoms in total. The zero-order valence-corrected chi connectivity index (χ0v) is 18.4. The fraction of sp³-hybridized carbons (Fsp3) is 0.318. The highest BCUT2D eigenvalue weighted by atomic mass is 32.2. The Balaban J connectivity index is 1.78. The lowest BCUT2D eigenvalue weighted by molar-refractivity contribution is 0.0647. The number of hydrogen-bond acceptors (Lipinski definition) is 5. The third-order valence-electron chi connectivity index (χ3n) is 5.20. The topological polar surface area (TPSA) is 127 Å². The lowest BCUT2D eigenvalue weighted by Gasteiger charge is -2.15. The molecule has 164 valence electrons. The van der Waals surface area contributed by atoms with Gasteiger partial charge in [-0.1, -0.05) is 26.0 Å². The first-order valence-electron chi connectivity index (χ1n) is 9.93. The van der Waals surface area contributed by atoms with Gasteiger partial charge < -0.3 is 5.32 Å². The van der Waals surface area contributed by atoms with Gasteiger partial charge in [-0.2, -0.15) is 0 Å². The minimum absolute atomic E-state index is 0.0470. The van der Waals surface area contributed by atoms with Crippen LogP contribution in [0.1, 0.15) is 69.9 Å². The predicted octanol–water partition coefficient (Wildman–Crippen LogP) is 2.47. The van der Waals surface area contributed by atoms with Gasteiger partial charge in [-0.15, -0.1) is 0 Å². The molecule has 0 aromatic heterocycles. The van der Waals surface area contributed by atoms with Crippen LogP contribution in [0, 0.1) is 5.92 Å². The van der Waals surface area contributed by atoms with Crippen molar-refractivity contribution < 1.29 is 22.8 Å². The van der Waals surface area contributed by atoms with E-state index in [9.17, 15) is 22.8 Å². The number of carbonyl (C=O) groups is 3. The van der Waals surface area contributed by atoms with E-state index in [1.54, 1.807) is 19.1 Å². The third-order valence-corrected chi connectivity index (χ3v) is 6.11. The molecule has 0 fully saturated rings. The van der Waals surface area contributed by atoms with Gasteiger partial charge in [0.15, 0.2) is 0 Å². The molecule has 1 heterocycles. The van der Waals surface area contributed by atoms with Crippen molar-refractivity contribution in [1.29, 1.82) is 0 Å². The highest BCUT2D eigenvalue weighted by Gasteiger charge is 2.35. The molecule has 1 atom stereocenters. The highest BCUT2D eigenvalue weighted by molar-refractivity contribution is 7.89. The Morgan fingerprint density at radius 3 is 2.35 bits per heavy atom. The summed E-state index contributed by atoms with van der Waals surface area (Å²) in [5.41, 5.74) is 1.30. The maximum atomic E-state index is 12.7. The van der Waals surface area contributed by atoms with E-state index in [0.29, 0.717) is 30.0 Å². The number of imide groups is 1. The molecular weight excluding hydrogens is 418 g/mol. The molecule has 1 aliphatic heterocycles. The maximum absolute atomic E-state index is 12.7. The monoisotopic (exact) mass is 443 g/mol. The van der Waals surface area contributed by atoms with Gasteiger partial charge in [0.25, 0.3) is 17.7 Å². The number of nitrogens with two attached hydrogens (primary N) is 1. The van der Waals surface area contributed by atoms with E-state index in [4.69, 9.17) is 5.14 Å². The summed E-state index contributed by atoms with van der Waals surface area (Å²) >= 11 is 0. The summed E-state index contributed by atoms with van der Waals surface area (Å²) in [6.45, 7) is 6.07. The minimum Gasteiger partial charge on any atom is -0.346 e. The van der Waals surface area contributed by atoms with E-state index >= 15 is 0 Å². The normalized spacial score (nSPS) is 14.7. The summed E-state index contributed by atoms with van der Waals surface area (Å²) in [4.78, 5) is 39.1. The van der Waals surface area contributed by atoms with Gasteiger partial charge in [0.1, 0.15) is 0 Å². The summed E-state index contributed by atoms with van der Waals surface area (Å²) in [6, 6.07) is 9.90. The van der Waals surface area contributed by atoms with Crippen molar-refractivity contribution in [2.24, 2.45) is 11.1 Å². The fourth-order valence-electron chi connectivity index (χ4n) is 3.35. The van der Waals surface area contributed by atoms with Crippen molar-refractivity contribution in [2.75, 3.05) is 6.54 Å². The molecule has 3 amide bonds. The first-order valence-corrected chi connectivity index (χ1v) is 11.5. The molecule has 0 saturated carbocycles. The number of amides is 3. The summed E-state index contributed by atoms with van der Waals surface area (Å²) in [7, 11) is -3.86. The Kier molecular flexibility index (Phi) is 6.28. The van der Waals surface area contributed by atoms with Crippen molar-refractivity contribution in [3.63, 3.8) is 0 Å². The van der Waals surface area contributed by atoms with Gasteiger partial charge in [-0.25, -0.2) is 13.6 Å². The van der Waals surface area contributed by atoms with E-state index in [1.165, 1.54) is 35.2 Å². The molecule has 2 aromatic carbocycles. The molecule has 3 N–H and O–H groups in total. The van der Waals surface area contributed by atoms with E-state index in [1.807, 2.05) is 13.8 Å². The second kappa shape index (κ2) is 8.60. The van der Waals surface area contributed by atoms with E-state index in [0.717, 1.165) is 0 Å². The summed E-state index contributed by atoms with van der Waals surface area (Å²) in [5, 5.41) is 7.94. The first kappa shape index (κ1) is 22.6. The van der Waals surface area contributed by atoms with Gasteiger partial charge in [0, 0.05) is 12.1 Å². The number of fused-ring (bicyclic) bond motifs is 1. The van der Waals surface area contributed by atoms with Crippen LogP contribution in [0.4, 0.5) is 0 Å². The van der Waals surface area contributed by atoms with Crippen LogP contribution in [0.2, 0.25) is 0 Å². The number of nitrogens with zero attached hydrogens (tertiary/aromatic N) is 1. The summed E-state index contributed by atoms with van der Waals surface area (Å²) in [5.74, 6) is -0.845. The average Bonchev–Trinajstić information content (AvgIpc) is 2.95. The second-order valence-corrected chi connectivity index (χ2v) is 9.58. The van der Waals surface area contributed by atoms with E-state index < -0.39 is 27.9 Å². The van der Waals surface area contributed by atoms with Gasteiger partial charge in [-0.3, -0.25) is 19.3 Å². The van der Waals surface area contributed by atoms with Gasteiger partial charge >= 0.3 is 0 Å².